The largest absolute Gasteiger partial charge is 0.491 e. The summed E-state index contributed by atoms with van der Waals surface area (Å²) in [6, 6.07) is 6.10. The summed E-state index contributed by atoms with van der Waals surface area (Å²) in [5, 5.41) is 0. The van der Waals surface area contributed by atoms with Gasteiger partial charge in [0.2, 0.25) is 0 Å². The molecule has 0 saturated carbocycles. The fourth-order valence-corrected chi connectivity index (χ4v) is 2.55. The van der Waals surface area contributed by atoms with Crippen molar-refractivity contribution in [3.63, 3.8) is 0 Å². The zero-order valence-electron chi connectivity index (χ0n) is 11.5. The summed E-state index contributed by atoms with van der Waals surface area (Å²) >= 11 is 0. The van der Waals surface area contributed by atoms with Crippen LogP contribution in [0, 0.1) is 5.92 Å². The minimum atomic E-state index is 0.726. The lowest BCUT2D eigenvalue weighted by molar-refractivity contribution is 0.319. The van der Waals surface area contributed by atoms with Crippen molar-refractivity contribution < 1.29 is 4.74 Å². The molecule has 2 rings (SSSR count). The average Bonchev–Trinajstić information content (AvgIpc) is 2.37. The first-order chi connectivity index (χ1) is 8.72. The topological polar surface area (TPSA) is 38.5 Å². The van der Waals surface area contributed by atoms with Gasteiger partial charge in [-0.15, -0.1) is 0 Å². The second-order valence-corrected chi connectivity index (χ2v) is 5.23. The molecule has 2 N–H and O–H groups in total. The monoisotopic (exact) mass is 248 g/mol. The Hall–Kier alpha value is -1.38. The summed E-state index contributed by atoms with van der Waals surface area (Å²) in [7, 11) is 0. The highest BCUT2D eigenvalue weighted by atomic mass is 16.5. The van der Waals surface area contributed by atoms with Crippen LogP contribution in [0.15, 0.2) is 18.2 Å². The fourth-order valence-electron chi connectivity index (χ4n) is 2.55. The van der Waals surface area contributed by atoms with Crippen LogP contribution >= 0.6 is 0 Å². The van der Waals surface area contributed by atoms with Crippen molar-refractivity contribution in [1.82, 2.24) is 0 Å². The molecule has 0 aliphatic carbocycles. The molecule has 18 heavy (non-hydrogen) atoms. The zero-order chi connectivity index (χ0) is 13.0. The molecule has 1 saturated heterocycles. The number of para-hydroxylation sites is 1. The summed E-state index contributed by atoms with van der Waals surface area (Å²) in [5.41, 5.74) is 8.16. The third-order valence-electron chi connectivity index (χ3n) is 3.50. The number of ether oxygens (including phenoxy) is 1. The highest BCUT2D eigenvalue weighted by Gasteiger charge is 2.19. The van der Waals surface area contributed by atoms with Crippen LogP contribution in [0.3, 0.4) is 0 Å². The summed E-state index contributed by atoms with van der Waals surface area (Å²) in [5.74, 6) is 1.57. The Kier molecular flexibility index (Phi) is 4.34. The van der Waals surface area contributed by atoms with Crippen molar-refractivity contribution in [3.8, 4) is 5.75 Å². The molecule has 1 atom stereocenters. The third-order valence-corrected chi connectivity index (χ3v) is 3.50. The van der Waals surface area contributed by atoms with Gasteiger partial charge < -0.3 is 15.4 Å². The third kappa shape index (κ3) is 2.89. The van der Waals surface area contributed by atoms with E-state index in [-0.39, 0.29) is 0 Å². The van der Waals surface area contributed by atoms with Crippen molar-refractivity contribution in [2.24, 2.45) is 5.92 Å². The molecule has 1 aliphatic heterocycles. The quantitative estimate of drug-likeness (QED) is 0.831. The van der Waals surface area contributed by atoms with Crippen LogP contribution in [0.5, 0.6) is 5.75 Å². The van der Waals surface area contributed by atoms with Crippen molar-refractivity contribution in [2.75, 3.05) is 30.3 Å². The number of anilines is 2. The molecule has 1 aromatic carbocycles. The summed E-state index contributed by atoms with van der Waals surface area (Å²) in [6.07, 6.45) is 3.58. The van der Waals surface area contributed by atoms with Gasteiger partial charge in [0.15, 0.2) is 0 Å². The Bertz CT molecular complexity index is 392. The normalized spacial score (nSPS) is 19.9. The Morgan fingerprint density at radius 3 is 3.00 bits per heavy atom. The summed E-state index contributed by atoms with van der Waals surface area (Å²) in [6.45, 7) is 7.34. The number of nitrogens with zero attached hydrogens (tertiary/aromatic N) is 1. The van der Waals surface area contributed by atoms with E-state index in [1.807, 2.05) is 12.1 Å². The van der Waals surface area contributed by atoms with E-state index >= 15 is 0 Å². The molecule has 100 valence electrons. The van der Waals surface area contributed by atoms with Crippen LogP contribution in [-0.2, 0) is 0 Å². The number of benzene rings is 1. The molecule has 0 radical (unpaired) electrons. The Morgan fingerprint density at radius 2 is 2.28 bits per heavy atom. The molecule has 1 aliphatic rings. The lowest BCUT2D eigenvalue weighted by Crippen LogP contribution is -2.34. The van der Waals surface area contributed by atoms with Gasteiger partial charge in [-0.25, -0.2) is 0 Å². The fraction of sp³-hybridized carbons (Fsp3) is 0.600. The van der Waals surface area contributed by atoms with E-state index in [1.54, 1.807) is 0 Å². The van der Waals surface area contributed by atoms with Crippen molar-refractivity contribution >= 4 is 11.4 Å². The highest BCUT2D eigenvalue weighted by molar-refractivity contribution is 5.74. The first kappa shape index (κ1) is 13.1. The lowest BCUT2D eigenvalue weighted by atomic mass is 9.99. The maximum Gasteiger partial charge on any atom is 0.144 e. The second-order valence-electron chi connectivity index (χ2n) is 5.23. The first-order valence-electron chi connectivity index (χ1n) is 6.98. The van der Waals surface area contributed by atoms with Gasteiger partial charge in [-0.05, 0) is 37.3 Å². The number of nitrogen functional groups attached to an aromatic ring is 1. The van der Waals surface area contributed by atoms with Gasteiger partial charge in [-0.3, -0.25) is 0 Å². The predicted octanol–water partition coefficient (Wildman–Crippen LogP) is 3.29. The van der Waals surface area contributed by atoms with Gasteiger partial charge in [0, 0.05) is 13.1 Å². The predicted molar refractivity (Wildman–Crippen MR) is 77.3 cm³/mol. The molecule has 3 nitrogen and oxygen atoms in total. The van der Waals surface area contributed by atoms with E-state index in [9.17, 15) is 0 Å². The molecular weight excluding hydrogens is 224 g/mol. The van der Waals surface area contributed by atoms with E-state index in [1.165, 1.54) is 12.8 Å². The Morgan fingerprint density at radius 1 is 1.44 bits per heavy atom. The molecule has 1 aromatic rings. The van der Waals surface area contributed by atoms with Crippen LogP contribution in [-0.4, -0.2) is 19.7 Å². The van der Waals surface area contributed by atoms with Crippen molar-refractivity contribution in [2.45, 2.75) is 33.1 Å². The Balaban J connectivity index is 2.16. The number of hydrogen-bond donors (Lipinski definition) is 1. The van der Waals surface area contributed by atoms with Crippen LogP contribution in [0.1, 0.15) is 33.1 Å². The molecule has 0 bridgehead atoms. The van der Waals surface area contributed by atoms with Crippen LogP contribution < -0.4 is 15.4 Å². The second kappa shape index (κ2) is 5.98. The highest BCUT2D eigenvalue weighted by Crippen LogP contribution is 2.34. The Labute approximate surface area is 110 Å². The number of hydrogen-bond acceptors (Lipinski definition) is 3. The van der Waals surface area contributed by atoms with Gasteiger partial charge in [0.25, 0.3) is 0 Å². The lowest BCUT2D eigenvalue weighted by Gasteiger charge is -2.33. The smallest absolute Gasteiger partial charge is 0.144 e. The first-order valence-corrected chi connectivity index (χ1v) is 6.98. The minimum Gasteiger partial charge on any atom is -0.491 e. The van der Waals surface area contributed by atoms with Gasteiger partial charge >= 0.3 is 0 Å². The van der Waals surface area contributed by atoms with Crippen molar-refractivity contribution in [3.05, 3.63) is 18.2 Å². The van der Waals surface area contributed by atoms with Crippen LogP contribution in [0.2, 0.25) is 0 Å². The molecule has 1 heterocycles. The molecule has 0 aromatic heterocycles. The average molecular weight is 248 g/mol. The van der Waals surface area contributed by atoms with Gasteiger partial charge in [-0.1, -0.05) is 19.9 Å². The van der Waals surface area contributed by atoms with Gasteiger partial charge in [0.05, 0.1) is 18.0 Å². The molecule has 3 heteroatoms. The van der Waals surface area contributed by atoms with E-state index in [0.29, 0.717) is 0 Å². The maximum atomic E-state index is 6.23. The van der Waals surface area contributed by atoms with Gasteiger partial charge in [0.1, 0.15) is 5.75 Å². The van der Waals surface area contributed by atoms with Crippen LogP contribution in [0.4, 0.5) is 11.4 Å². The summed E-state index contributed by atoms with van der Waals surface area (Å²) < 4.78 is 5.69. The zero-order valence-corrected chi connectivity index (χ0v) is 11.5. The van der Waals surface area contributed by atoms with Gasteiger partial charge in [-0.2, -0.15) is 0 Å². The summed E-state index contributed by atoms with van der Waals surface area (Å²) in [4.78, 5) is 2.39. The number of piperidine rings is 1. The molecule has 1 fully saturated rings. The van der Waals surface area contributed by atoms with E-state index in [4.69, 9.17) is 10.5 Å². The molecule has 1 unspecified atom stereocenters. The molecular formula is C15H24N2O. The maximum absolute atomic E-state index is 6.23. The minimum absolute atomic E-state index is 0.726. The molecule has 0 amide bonds. The molecule has 0 spiro atoms. The standard InChI is InChI=1S/C15H24N2O/c1-3-10-18-14-8-4-7-13(15(14)16)17-9-5-6-12(2)11-17/h4,7-8,12H,3,5-6,9-11,16H2,1-2H3. The van der Waals surface area contributed by atoms with E-state index in [2.05, 4.69) is 24.8 Å². The van der Waals surface area contributed by atoms with Crippen LogP contribution in [0.25, 0.3) is 0 Å². The SMILES string of the molecule is CCCOc1cccc(N2CCCC(C)C2)c1N. The van der Waals surface area contributed by atoms with E-state index in [0.717, 1.165) is 49.2 Å². The van der Waals surface area contributed by atoms with Crippen molar-refractivity contribution in [1.29, 1.82) is 0 Å². The number of rotatable bonds is 4. The number of nitrogens with two attached hydrogens (primary N) is 1. The van der Waals surface area contributed by atoms with E-state index < -0.39 is 0 Å².